The molecule has 1 atom stereocenters. The van der Waals surface area contributed by atoms with Gasteiger partial charge in [-0.15, -0.1) is 0 Å². The van der Waals surface area contributed by atoms with Crippen LogP contribution in [0.15, 0.2) is 18.2 Å². The van der Waals surface area contributed by atoms with Gasteiger partial charge in [0.15, 0.2) is 0 Å². The van der Waals surface area contributed by atoms with Crippen molar-refractivity contribution in [1.82, 2.24) is 0 Å². The van der Waals surface area contributed by atoms with Crippen molar-refractivity contribution < 1.29 is 14.3 Å². The molecule has 1 unspecified atom stereocenters. The van der Waals surface area contributed by atoms with E-state index in [4.69, 9.17) is 15.2 Å². The molecule has 0 saturated carbocycles. The quantitative estimate of drug-likeness (QED) is 0.657. The summed E-state index contributed by atoms with van der Waals surface area (Å²) in [5.74, 6) is -0.308. The van der Waals surface area contributed by atoms with Crippen LogP contribution in [0.25, 0.3) is 0 Å². The second kappa shape index (κ2) is 5.87. The standard InChI is InChI=1S/C14H19NO3/c1-10-4-5-11(15)9-13(10)14(16)18-8-6-12-3-2-7-17-12/h4-5,9,12H,2-3,6-8,15H2,1H3. The molecule has 2 rings (SSSR count). The Labute approximate surface area is 107 Å². The van der Waals surface area contributed by atoms with Crippen molar-refractivity contribution in [3.05, 3.63) is 29.3 Å². The van der Waals surface area contributed by atoms with Crippen LogP contribution in [0.2, 0.25) is 0 Å². The minimum Gasteiger partial charge on any atom is -0.462 e. The first-order valence-electron chi connectivity index (χ1n) is 6.31. The first-order chi connectivity index (χ1) is 8.66. The topological polar surface area (TPSA) is 61.6 Å². The van der Waals surface area contributed by atoms with Gasteiger partial charge in [0.2, 0.25) is 0 Å². The second-order valence-corrected chi connectivity index (χ2v) is 4.63. The van der Waals surface area contributed by atoms with Gasteiger partial charge < -0.3 is 15.2 Å². The number of aryl methyl sites for hydroxylation is 1. The number of hydrogen-bond acceptors (Lipinski definition) is 4. The van der Waals surface area contributed by atoms with E-state index >= 15 is 0 Å². The first kappa shape index (κ1) is 12.9. The van der Waals surface area contributed by atoms with Gasteiger partial charge in [-0.05, 0) is 37.5 Å². The van der Waals surface area contributed by atoms with Crippen molar-refractivity contribution in [3.63, 3.8) is 0 Å². The number of ether oxygens (including phenoxy) is 2. The Hall–Kier alpha value is -1.55. The third kappa shape index (κ3) is 3.23. The Morgan fingerprint density at radius 1 is 1.56 bits per heavy atom. The van der Waals surface area contributed by atoms with Crippen molar-refractivity contribution in [2.45, 2.75) is 32.3 Å². The molecule has 2 N–H and O–H groups in total. The highest BCUT2D eigenvalue weighted by Crippen LogP contribution is 2.17. The summed E-state index contributed by atoms with van der Waals surface area (Å²) >= 11 is 0. The number of nitrogens with two attached hydrogens (primary N) is 1. The zero-order valence-corrected chi connectivity index (χ0v) is 10.6. The van der Waals surface area contributed by atoms with E-state index < -0.39 is 0 Å². The summed E-state index contributed by atoms with van der Waals surface area (Å²) < 4.78 is 10.7. The molecule has 0 spiro atoms. The molecule has 1 heterocycles. The summed E-state index contributed by atoms with van der Waals surface area (Å²) in [5.41, 5.74) is 7.67. The average molecular weight is 249 g/mol. The lowest BCUT2D eigenvalue weighted by atomic mass is 10.1. The molecule has 4 nitrogen and oxygen atoms in total. The highest BCUT2D eigenvalue weighted by Gasteiger charge is 2.17. The Morgan fingerprint density at radius 2 is 2.39 bits per heavy atom. The van der Waals surface area contributed by atoms with E-state index in [9.17, 15) is 4.79 Å². The summed E-state index contributed by atoms with van der Waals surface area (Å²) in [6.45, 7) is 3.10. The molecular weight excluding hydrogens is 230 g/mol. The number of anilines is 1. The molecule has 4 heteroatoms. The third-order valence-electron chi connectivity index (χ3n) is 3.18. The van der Waals surface area contributed by atoms with E-state index in [1.54, 1.807) is 12.1 Å². The summed E-state index contributed by atoms with van der Waals surface area (Å²) in [6.07, 6.45) is 3.19. The molecule has 0 radical (unpaired) electrons. The van der Waals surface area contributed by atoms with Crippen LogP contribution in [0.3, 0.4) is 0 Å². The van der Waals surface area contributed by atoms with Crippen LogP contribution in [0.4, 0.5) is 5.69 Å². The Morgan fingerprint density at radius 3 is 3.11 bits per heavy atom. The smallest absolute Gasteiger partial charge is 0.338 e. The zero-order chi connectivity index (χ0) is 13.0. The van der Waals surface area contributed by atoms with Crippen molar-refractivity contribution in [1.29, 1.82) is 0 Å². The third-order valence-corrected chi connectivity index (χ3v) is 3.18. The van der Waals surface area contributed by atoms with Crippen LogP contribution in [0.5, 0.6) is 0 Å². The molecule has 0 aliphatic carbocycles. The molecule has 98 valence electrons. The van der Waals surface area contributed by atoms with Gasteiger partial charge >= 0.3 is 5.97 Å². The predicted molar refractivity (Wildman–Crippen MR) is 69.5 cm³/mol. The van der Waals surface area contributed by atoms with E-state index in [-0.39, 0.29) is 12.1 Å². The van der Waals surface area contributed by atoms with E-state index in [1.807, 2.05) is 13.0 Å². The van der Waals surface area contributed by atoms with Crippen molar-refractivity contribution in [3.8, 4) is 0 Å². The van der Waals surface area contributed by atoms with Crippen LogP contribution < -0.4 is 5.73 Å². The Bertz CT molecular complexity index is 425. The Kier molecular flexibility index (Phi) is 4.20. The van der Waals surface area contributed by atoms with E-state index in [1.165, 1.54) is 0 Å². The van der Waals surface area contributed by atoms with Crippen LogP contribution in [0, 0.1) is 6.92 Å². The Balaban J connectivity index is 1.85. The number of benzene rings is 1. The molecule has 18 heavy (non-hydrogen) atoms. The van der Waals surface area contributed by atoms with Crippen LogP contribution in [-0.2, 0) is 9.47 Å². The van der Waals surface area contributed by atoms with Crippen LogP contribution in [0.1, 0.15) is 35.2 Å². The molecule has 1 aliphatic heterocycles. The highest BCUT2D eigenvalue weighted by molar-refractivity contribution is 5.92. The highest BCUT2D eigenvalue weighted by atomic mass is 16.5. The zero-order valence-electron chi connectivity index (χ0n) is 10.6. The lowest BCUT2D eigenvalue weighted by Gasteiger charge is -2.11. The van der Waals surface area contributed by atoms with Gasteiger partial charge in [0.1, 0.15) is 0 Å². The first-order valence-corrected chi connectivity index (χ1v) is 6.31. The van der Waals surface area contributed by atoms with Gasteiger partial charge in [0.05, 0.1) is 18.3 Å². The SMILES string of the molecule is Cc1ccc(N)cc1C(=O)OCCC1CCCO1. The molecule has 0 bridgehead atoms. The van der Waals surface area contributed by atoms with Crippen molar-refractivity contribution >= 4 is 11.7 Å². The van der Waals surface area contributed by atoms with Gasteiger partial charge in [-0.2, -0.15) is 0 Å². The number of hydrogen-bond donors (Lipinski definition) is 1. The molecule has 0 amide bonds. The maximum absolute atomic E-state index is 11.9. The fraction of sp³-hybridized carbons (Fsp3) is 0.500. The fourth-order valence-electron chi connectivity index (χ4n) is 2.09. The minimum absolute atomic E-state index is 0.250. The monoisotopic (exact) mass is 249 g/mol. The molecule has 1 aliphatic rings. The largest absolute Gasteiger partial charge is 0.462 e. The van der Waals surface area contributed by atoms with Gasteiger partial charge in [-0.25, -0.2) is 4.79 Å². The van der Waals surface area contributed by atoms with Crippen LogP contribution >= 0.6 is 0 Å². The molecular formula is C14H19NO3. The number of carbonyl (C=O) groups excluding carboxylic acids is 1. The number of nitrogen functional groups attached to an aromatic ring is 1. The molecule has 0 aromatic heterocycles. The molecule has 1 aromatic carbocycles. The molecule has 1 aromatic rings. The summed E-state index contributed by atoms with van der Waals surface area (Å²) in [7, 11) is 0. The van der Waals surface area contributed by atoms with Gasteiger partial charge in [-0.1, -0.05) is 6.07 Å². The lowest BCUT2D eigenvalue weighted by Crippen LogP contribution is -2.13. The van der Waals surface area contributed by atoms with Crippen molar-refractivity contribution in [2.75, 3.05) is 18.9 Å². The van der Waals surface area contributed by atoms with Gasteiger partial charge in [0, 0.05) is 18.7 Å². The fourth-order valence-corrected chi connectivity index (χ4v) is 2.09. The van der Waals surface area contributed by atoms with Gasteiger partial charge in [-0.3, -0.25) is 0 Å². The lowest BCUT2D eigenvalue weighted by molar-refractivity contribution is 0.0385. The number of rotatable bonds is 4. The maximum Gasteiger partial charge on any atom is 0.338 e. The predicted octanol–water partition coefficient (Wildman–Crippen LogP) is 2.30. The summed E-state index contributed by atoms with van der Waals surface area (Å²) in [5, 5.41) is 0. The minimum atomic E-state index is -0.308. The van der Waals surface area contributed by atoms with E-state index in [0.717, 1.165) is 31.4 Å². The molecule has 1 fully saturated rings. The van der Waals surface area contributed by atoms with E-state index in [2.05, 4.69) is 0 Å². The summed E-state index contributed by atoms with van der Waals surface area (Å²) in [4.78, 5) is 11.9. The van der Waals surface area contributed by atoms with Crippen molar-refractivity contribution in [2.24, 2.45) is 0 Å². The van der Waals surface area contributed by atoms with Gasteiger partial charge in [0.25, 0.3) is 0 Å². The maximum atomic E-state index is 11.9. The second-order valence-electron chi connectivity index (χ2n) is 4.63. The number of carbonyl (C=O) groups is 1. The van der Waals surface area contributed by atoms with E-state index in [0.29, 0.717) is 17.9 Å². The summed E-state index contributed by atoms with van der Waals surface area (Å²) in [6, 6.07) is 5.26. The average Bonchev–Trinajstić information content (AvgIpc) is 2.85. The van der Waals surface area contributed by atoms with Crippen LogP contribution in [-0.4, -0.2) is 25.3 Å². The normalized spacial score (nSPS) is 18.8. The molecule has 1 saturated heterocycles. The number of esters is 1.